The van der Waals surface area contributed by atoms with E-state index < -0.39 is 6.04 Å². The zero-order valence-electron chi connectivity index (χ0n) is 15.1. The number of ether oxygens (including phenoxy) is 1. The molecule has 0 spiro atoms. The van der Waals surface area contributed by atoms with Gasteiger partial charge >= 0.3 is 0 Å². The van der Waals surface area contributed by atoms with E-state index in [4.69, 9.17) is 16.3 Å². The van der Waals surface area contributed by atoms with Gasteiger partial charge in [-0.25, -0.2) is 4.98 Å². The lowest BCUT2D eigenvalue weighted by atomic mass is 9.95. The van der Waals surface area contributed by atoms with Gasteiger partial charge in [-0.15, -0.1) is 0 Å². The number of aromatic nitrogens is 4. The minimum Gasteiger partial charge on any atom is -0.497 e. The van der Waals surface area contributed by atoms with Crippen molar-refractivity contribution in [1.82, 2.24) is 24.6 Å². The first-order valence-electron chi connectivity index (χ1n) is 8.74. The lowest BCUT2D eigenvalue weighted by Gasteiger charge is -2.36. The van der Waals surface area contributed by atoms with Crippen molar-refractivity contribution in [3.05, 3.63) is 65.0 Å². The molecule has 7 nitrogen and oxygen atoms in total. The second-order valence-electron chi connectivity index (χ2n) is 6.54. The predicted molar refractivity (Wildman–Crippen MR) is 101 cm³/mol. The molecule has 8 heteroatoms. The number of hydrogen-bond acceptors (Lipinski definition) is 4. The van der Waals surface area contributed by atoms with Crippen LogP contribution in [0.5, 0.6) is 5.75 Å². The molecule has 140 valence electrons. The summed E-state index contributed by atoms with van der Waals surface area (Å²) in [6.07, 6.45) is 5.62. The van der Waals surface area contributed by atoms with Crippen LogP contribution in [-0.4, -0.2) is 44.2 Å². The van der Waals surface area contributed by atoms with E-state index in [1.54, 1.807) is 24.3 Å². The van der Waals surface area contributed by atoms with Crippen molar-refractivity contribution in [2.45, 2.75) is 25.4 Å². The molecule has 0 radical (unpaired) electrons. The number of imidazole rings is 1. The van der Waals surface area contributed by atoms with Crippen molar-refractivity contribution in [2.24, 2.45) is 0 Å². The van der Waals surface area contributed by atoms with Crippen LogP contribution in [-0.2, 0) is 11.2 Å². The molecule has 0 bridgehead atoms. The number of methoxy groups -OCH3 is 1. The molecular weight excluding hydrogens is 366 g/mol. The molecule has 0 fully saturated rings. The molecule has 0 saturated carbocycles. The maximum Gasteiger partial charge on any atom is 0.247 e. The number of aromatic amines is 1. The number of benzene rings is 1. The number of amides is 1. The van der Waals surface area contributed by atoms with E-state index in [1.807, 2.05) is 36.1 Å². The highest BCUT2D eigenvalue weighted by molar-refractivity contribution is 6.30. The van der Waals surface area contributed by atoms with Gasteiger partial charge in [-0.2, -0.15) is 5.10 Å². The smallest absolute Gasteiger partial charge is 0.247 e. The fourth-order valence-corrected chi connectivity index (χ4v) is 3.66. The zero-order chi connectivity index (χ0) is 19.0. The monoisotopic (exact) mass is 385 g/mol. The number of H-pyrrole nitrogens is 1. The Balaban J connectivity index is 1.70. The van der Waals surface area contributed by atoms with Gasteiger partial charge in [0.05, 0.1) is 30.4 Å². The quantitative estimate of drug-likeness (QED) is 0.749. The molecule has 0 aliphatic carbocycles. The van der Waals surface area contributed by atoms with Crippen LogP contribution in [0.2, 0.25) is 5.02 Å². The third kappa shape index (κ3) is 3.19. The summed E-state index contributed by atoms with van der Waals surface area (Å²) >= 11 is 5.97. The predicted octanol–water partition coefficient (Wildman–Crippen LogP) is 3.00. The average Bonchev–Trinajstić information content (AvgIpc) is 3.35. The van der Waals surface area contributed by atoms with Gasteiger partial charge in [-0.05, 0) is 24.6 Å². The Morgan fingerprint density at radius 3 is 2.81 bits per heavy atom. The summed E-state index contributed by atoms with van der Waals surface area (Å²) in [5.41, 5.74) is 2.93. The number of nitrogens with one attached hydrogen (secondary N) is 1. The van der Waals surface area contributed by atoms with Crippen molar-refractivity contribution >= 4 is 17.5 Å². The zero-order valence-corrected chi connectivity index (χ0v) is 15.8. The number of nitrogens with zero attached hydrogens (tertiary/aromatic N) is 4. The SMILES string of the molecule is COc1ccc([C@@H]2c3nc[nH]c3CCN2C(=O)[C@@H](C)n2cc(Cl)cn2)cc1. The van der Waals surface area contributed by atoms with E-state index in [0.717, 1.165) is 29.1 Å². The van der Waals surface area contributed by atoms with Crippen molar-refractivity contribution < 1.29 is 9.53 Å². The third-order valence-electron chi connectivity index (χ3n) is 4.96. The fourth-order valence-electron chi connectivity index (χ4n) is 3.52. The molecule has 1 aliphatic heterocycles. The lowest BCUT2D eigenvalue weighted by molar-refractivity contribution is -0.136. The third-order valence-corrected chi connectivity index (χ3v) is 5.16. The van der Waals surface area contributed by atoms with E-state index >= 15 is 0 Å². The van der Waals surface area contributed by atoms with Crippen LogP contribution >= 0.6 is 11.6 Å². The van der Waals surface area contributed by atoms with Crippen LogP contribution in [0.4, 0.5) is 0 Å². The molecule has 3 aromatic rings. The first kappa shape index (κ1) is 17.6. The molecular formula is C19H20ClN5O2. The summed E-state index contributed by atoms with van der Waals surface area (Å²) in [5, 5.41) is 4.69. The average molecular weight is 386 g/mol. The van der Waals surface area contributed by atoms with E-state index in [1.165, 1.54) is 6.20 Å². The second-order valence-corrected chi connectivity index (χ2v) is 6.97. The summed E-state index contributed by atoms with van der Waals surface area (Å²) in [4.78, 5) is 22.9. The van der Waals surface area contributed by atoms with Gasteiger partial charge in [0.1, 0.15) is 17.8 Å². The highest BCUT2D eigenvalue weighted by Gasteiger charge is 2.36. The Hall–Kier alpha value is -2.80. The molecule has 0 unspecified atom stereocenters. The number of halogens is 1. The van der Waals surface area contributed by atoms with Crippen molar-refractivity contribution in [3.63, 3.8) is 0 Å². The van der Waals surface area contributed by atoms with E-state index in [-0.39, 0.29) is 11.9 Å². The van der Waals surface area contributed by atoms with E-state index in [0.29, 0.717) is 11.6 Å². The molecule has 2 aromatic heterocycles. The largest absolute Gasteiger partial charge is 0.497 e. The molecule has 1 aromatic carbocycles. The number of fused-ring (bicyclic) bond motifs is 1. The Kier molecular flexibility index (Phi) is 4.61. The number of carbonyl (C=O) groups excluding carboxylic acids is 1. The summed E-state index contributed by atoms with van der Waals surface area (Å²) in [7, 11) is 1.63. The van der Waals surface area contributed by atoms with Gasteiger partial charge in [0, 0.05) is 24.9 Å². The number of hydrogen-bond donors (Lipinski definition) is 1. The van der Waals surface area contributed by atoms with Crippen LogP contribution in [0.1, 0.15) is 36.0 Å². The Morgan fingerprint density at radius 2 is 2.15 bits per heavy atom. The van der Waals surface area contributed by atoms with Gasteiger partial charge in [-0.1, -0.05) is 23.7 Å². The van der Waals surface area contributed by atoms with Crippen LogP contribution in [0.15, 0.2) is 43.0 Å². The summed E-state index contributed by atoms with van der Waals surface area (Å²) < 4.78 is 6.85. The van der Waals surface area contributed by atoms with Gasteiger partial charge in [0.2, 0.25) is 5.91 Å². The number of carbonyl (C=O) groups is 1. The summed E-state index contributed by atoms with van der Waals surface area (Å²) in [6, 6.07) is 7.03. The molecule has 3 heterocycles. The van der Waals surface area contributed by atoms with E-state index in [2.05, 4.69) is 15.1 Å². The minimum absolute atomic E-state index is 0.0239. The molecule has 27 heavy (non-hydrogen) atoms. The molecule has 4 rings (SSSR count). The Bertz CT molecular complexity index is 949. The molecule has 1 amide bonds. The highest BCUT2D eigenvalue weighted by atomic mass is 35.5. The van der Waals surface area contributed by atoms with Crippen molar-refractivity contribution in [3.8, 4) is 5.75 Å². The lowest BCUT2D eigenvalue weighted by Crippen LogP contribution is -2.43. The summed E-state index contributed by atoms with van der Waals surface area (Å²) in [6.45, 7) is 2.43. The standard InChI is InChI=1S/C19H20ClN5O2/c1-12(25-10-14(20)9-23-25)19(26)24-8-7-16-17(22-11-21-16)18(24)13-3-5-15(27-2)6-4-13/h3-6,9-12,18H,7-8H2,1-2H3,(H,21,22)/t12-,18-/m1/s1. The maximum atomic E-state index is 13.3. The van der Waals surface area contributed by atoms with Crippen molar-refractivity contribution in [2.75, 3.05) is 13.7 Å². The normalized spacial score (nSPS) is 17.4. The second kappa shape index (κ2) is 7.08. The molecule has 1 aliphatic rings. The Labute approximate surface area is 161 Å². The van der Waals surface area contributed by atoms with Crippen LogP contribution in [0.3, 0.4) is 0 Å². The van der Waals surface area contributed by atoms with Gasteiger partial charge in [-0.3, -0.25) is 9.48 Å². The summed E-state index contributed by atoms with van der Waals surface area (Å²) in [5.74, 6) is 0.749. The molecule has 0 saturated heterocycles. The van der Waals surface area contributed by atoms with Crippen molar-refractivity contribution in [1.29, 1.82) is 0 Å². The molecule has 2 atom stereocenters. The molecule has 1 N–H and O–H groups in total. The first-order chi connectivity index (χ1) is 13.1. The highest BCUT2D eigenvalue weighted by Crippen LogP contribution is 2.35. The fraction of sp³-hybridized carbons (Fsp3) is 0.316. The van der Waals surface area contributed by atoms with Gasteiger partial charge < -0.3 is 14.6 Å². The van der Waals surface area contributed by atoms with Crippen LogP contribution in [0, 0.1) is 0 Å². The van der Waals surface area contributed by atoms with Gasteiger partial charge in [0.25, 0.3) is 0 Å². The minimum atomic E-state index is -0.459. The van der Waals surface area contributed by atoms with E-state index in [9.17, 15) is 4.79 Å². The van der Waals surface area contributed by atoms with Crippen LogP contribution < -0.4 is 4.74 Å². The van der Waals surface area contributed by atoms with Gasteiger partial charge in [0.15, 0.2) is 0 Å². The van der Waals surface area contributed by atoms with Crippen LogP contribution in [0.25, 0.3) is 0 Å². The Morgan fingerprint density at radius 1 is 1.37 bits per heavy atom. The first-order valence-corrected chi connectivity index (χ1v) is 9.12. The number of rotatable bonds is 4. The topological polar surface area (TPSA) is 76.0 Å². The maximum absolute atomic E-state index is 13.3.